The molecule has 0 fully saturated rings. The van der Waals surface area contributed by atoms with Crippen molar-refractivity contribution >= 4 is 22.9 Å². The Hall–Kier alpha value is -2.27. The molecule has 0 aliphatic carbocycles. The van der Waals surface area contributed by atoms with Crippen LogP contribution < -0.4 is 10.1 Å². The average Bonchev–Trinajstić information content (AvgIpc) is 2.87. The summed E-state index contributed by atoms with van der Waals surface area (Å²) in [5.74, 6) is 0.126. The third kappa shape index (κ3) is 2.92. The number of nitrogens with zero attached hydrogens (tertiary/aromatic N) is 2. The van der Waals surface area contributed by atoms with Crippen LogP contribution in [0.5, 0.6) is 5.75 Å². The summed E-state index contributed by atoms with van der Waals surface area (Å²) >= 11 is 5.94. The Bertz CT molecular complexity index is 788. The lowest BCUT2D eigenvalue weighted by atomic mass is 10.2. The molecule has 6 heteroatoms. The number of anilines is 1. The van der Waals surface area contributed by atoms with Gasteiger partial charge in [-0.15, -0.1) is 0 Å². The normalized spacial score (nSPS) is 10.8. The van der Waals surface area contributed by atoms with Gasteiger partial charge in [0, 0.05) is 18.5 Å². The molecule has 3 rings (SSSR count). The Balaban J connectivity index is 1.80. The van der Waals surface area contributed by atoms with Gasteiger partial charge in [0.2, 0.25) is 0 Å². The molecule has 0 spiro atoms. The van der Waals surface area contributed by atoms with E-state index in [9.17, 15) is 4.39 Å². The van der Waals surface area contributed by atoms with Crippen LogP contribution in [0, 0.1) is 5.82 Å². The summed E-state index contributed by atoms with van der Waals surface area (Å²) in [6.07, 6.45) is 3.69. The van der Waals surface area contributed by atoms with Crippen molar-refractivity contribution in [3.8, 4) is 5.75 Å². The van der Waals surface area contributed by atoms with Crippen LogP contribution >= 0.6 is 11.6 Å². The van der Waals surface area contributed by atoms with Gasteiger partial charge in [-0.25, -0.2) is 9.37 Å². The first-order valence-electron chi connectivity index (χ1n) is 6.36. The van der Waals surface area contributed by atoms with Gasteiger partial charge < -0.3 is 14.5 Å². The molecule has 0 aliphatic rings. The fraction of sp³-hybridized carbons (Fsp3) is 0.133. The monoisotopic (exact) mass is 305 g/mol. The Morgan fingerprint density at radius 1 is 1.29 bits per heavy atom. The van der Waals surface area contributed by atoms with E-state index in [0.717, 1.165) is 11.3 Å². The molecule has 0 saturated heterocycles. The van der Waals surface area contributed by atoms with Gasteiger partial charge in [0.25, 0.3) is 0 Å². The Labute approximate surface area is 126 Å². The largest absolute Gasteiger partial charge is 0.494 e. The van der Waals surface area contributed by atoms with Crippen molar-refractivity contribution in [1.82, 2.24) is 9.38 Å². The summed E-state index contributed by atoms with van der Waals surface area (Å²) < 4.78 is 20.1. The summed E-state index contributed by atoms with van der Waals surface area (Å²) in [5, 5.41) is 3.84. The molecule has 1 aromatic carbocycles. The number of benzene rings is 1. The van der Waals surface area contributed by atoms with Gasteiger partial charge in [0.1, 0.15) is 17.2 Å². The molecule has 2 aromatic heterocycles. The summed E-state index contributed by atoms with van der Waals surface area (Å²) in [4.78, 5) is 4.47. The van der Waals surface area contributed by atoms with E-state index in [1.807, 2.05) is 16.7 Å². The zero-order chi connectivity index (χ0) is 14.8. The van der Waals surface area contributed by atoms with E-state index in [-0.39, 0.29) is 5.82 Å². The molecule has 108 valence electrons. The fourth-order valence-corrected chi connectivity index (χ4v) is 2.27. The van der Waals surface area contributed by atoms with E-state index in [2.05, 4.69) is 10.3 Å². The van der Waals surface area contributed by atoms with E-state index in [1.54, 1.807) is 18.3 Å². The maximum absolute atomic E-state index is 13.1. The molecule has 0 aliphatic heterocycles. The van der Waals surface area contributed by atoms with Crippen molar-refractivity contribution in [1.29, 1.82) is 0 Å². The number of halogens is 2. The summed E-state index contributed by atoms with van der Waals surface area (Å²) in [6.45, 7) is 0.501. The van der Waals surface area contributed by atoms with Crippen molar-refractivity contribution in [2.24, 2.45) is 0 Å². The van der Waals surface area contributed by atoms with Crippen LogP contribution in [-0.4, -0.2) is 16.5 Å². The van der Waals surface area contributed by atoms with Gasteiger partial charge in [0.05, 0.1) is 30.1 Å². The maximum atomic E-state index is 13.1. The average molecular weight is 306 g/mol. The standard InChI is InChI=1S/C15H13ClFN3O/c1-21-14-6-11(17)3-4-13(14)18-7-12-9-20-8-10(16)2-5-15(20)19-12/h2-6,8-9,18H,7H2,1H3. The number of nitrogens with one attached hydrogen (secondary N) is 1. The van der Waals surface area contributed by atoms with Crippen LogP contribution in [0.25, 0.3) is 5.65 Å². The smallest absolute Gasteiger partial charge is 0.144 e. The number of ether oxygens (including phenoxy) is 1. The highest BCUT2D eigenvalue weighted by Gasteiger charge is 2.06. The van der Waals surface area contributed by atoms with Crippen molar-refractivity contribution in [2.45, 2.75) is 6.54 Å². The van der Waals surface area contributed by atoms with Gasteiger partial charge in [-0.05, 0) is 24.3 Å². The van der Waals surface area contributed by atoms with Crippen molar-refractivity contribution in [3.05, 3.63) is 59.3 Å². The Morgan fingerprint density at radius 2 is 2.14 bits per heavy atom. The third-order valence-electron chi connectivity index (χ3n) is 3.09. The van der Waals surface area contributed by atoms with Crippen molar-refractivity contribution in [2.75, 3.05) is 12.4 Å². The van der Waals surface area contributed by atoms with Gasteiger partial charge in [0.15, 0.2) is 0 Å². The SMILES string of the molecule is COc1cc(F)ccc1NCc1cn2cc(Cl)ccc2n1. The number of pyridine rings is 1. The van der Waals surface area contributed by atoms with Crippen LogP contribution in [0.2, 0.25) is 5.02 Å². The zero-order valence-corrected chi connectivity index (χ0v) is 12.1. The van der Waals surface area contributed by atoms with Crippen molar-refractivity contribution in [3.63, 3.8) is 0 Å². The van der Waals surface area contributed by atoms with Gasteiger partial charge >= 0.3 is 0 Å². The third-order valence-corrected chi connectivity index (χ3v) is 3.31. The number of aromatic nitrogens is 2. The Kier molecular flexibility index (Phi) is 3.66. The van der Waals surface area contributed by atoms with E-state index < -0.39 is 0 Å². The minimum atomic E-state index is -0.334. The molecule has 2 heterocycles. The molecule has 0 unspecified atom stereocenters. The first-order valence-corrected chi connectivity index (χ1v) is 6.74. The molecule has 0 atom stereocenters. The predicted molar refractivity (Wildman–Crippen MR) is 80.5 cm³/mol. The lowest BCUT2D eigenvalue weighted by Crippen LogP contribution is -2.01. The number of methoxy groups -OCH3 is 1. The van der Waals surface area contributed by atoms with Crippen LogP contribution in [0.4, 0.5) is 10.1 Å². The summed E-state index contributed by atoms with van der Waals surface area (Å²) in [5.41, 5.74) is 2.39. The maximum Gasteiger partial charge on any atom is 0.144 e. The van der Waals surface area contributed by atoms with Gasteiger partial charge in [-0.2, -0.15) is 0 Å². The van der Waals surface area contributed by atoms with Crippen LogP contribution in [0.1, 0.15) is 5.69 Å². The summed E-state index contributed by atoms with van der Waals surface area (Å²) in [7, 11) is 1.51. The van der Waals surface area contributed by atoms with E-state index in [4.69, 9.17) is 16.3 Å². The molecule has 4 nitrogen and oxygen atoms in total. The molecular formula is C15H13ClFN3O. The number of hydrogen-bond donors (Lipinski definition) is 1. The minimum absolute atomic E-state index is 0.334. The molecule has 3 aromatic rings. The number of imidazole rings is 1. The molecule has 0 radical (unpaired) electrons. The van der Waals surface area contributed by atoms with E-state index in [1.165, 1.54) is 19.2 Å². The van der Waals surface area contributed by atoms with Gasteiger partial charge in [-0.1, -0.05) is 11.6 Å². The predicted octanol–water partition coefficient (Wildman–Crippen LogP) is 3.75. The second kappa shape index (κ2) is 5.61. The first-order chi connectivity index (χ1) is 10.2. The lowest BCUT2D eigenvalue weighted by Gasteiger charge is -2.09. The second-order valence-electron chi connectivity index (χ2n) is 4.54. The molecule has 21 heavy (non-hydrogen) atoms. The lowest BCUT2D eigenvalue weighted by molar-refractivity contribution is 0.413. The number of fused-ring (bicyclic) bond motifs is 1. The highest BCUT2D eigenvalue weighted by atomic mass is 35.5. The van der Waals surface area contributed by atoms with Crippen LogP contribution in [-0.2, 0) is 6.54 Å². The topological polar surface area (TPSA) is 38.6 Å². The van der Waals surface area contributed by atoms with Crippen molar-refractivity contribution < 1.29 is 9.13 Å². The molecule has 0 bridgehead atoms. The van der Waals surface area contributed by atoms with Crippen LogP contribution in [0.15, 0.2) is 42.7 Å². The number of hydrogen-bond acceptors (Lipinski definition) is 3. The second-order valence-corrected chi connectivity index (χ2v) is 4.98. The number of rotatable bonds is 4. The quantitative estimate of drug-likeness (QED) is 0.798. The summed E-state index contributed by atoms with van der Waals surface area (Å²) in [6, 6.07) is 8.01. The fourth-order valence-electron chi connectivity index (χ4n) is 2.10. The molecule has 0 amide bonds. The molecule has 1 N–H and O–H groups in total. The zero-order valence-electron chi connectivity index (χ0n) is 11.3. The highest BCUT2D eigenvalue weighted by molar-refractivity contribution is 6.30. The van der Waals surface area contributed by atoms with Gasteiger partial charge in [-0.3, -0.25) is 0 Å². The van der Waals surface area contributed by atoms with Crippen LogP contribution in [0.3, 0.4) is 0 Å². The highest BCUT2D eigenvalue weighted by Crippen LogP contribution is 2.25. The van der Waals surface area contributed by atoms with E-state index >= 15 is 0 Å². The first kappa shape index (κ1) is 13.7. The molecule has 0 saturated carbocycles. The van der Waals surface area contributed by atoms with E-state index in [0.29, 0.717) is 23.0 Å². The Morgan fingerprint density at radius 3 is 2.95 bits per heavy atom. The minimum Gasteiger partial charge on any atom is -0.494 e. The molecular weight excluding hydrogens is 293 g/mol.